The minimum Gasteiger partial charge on any atom is -0.460 e. The van der Waals surface area contributed by atoms with Crippen LogP contribution in [0.5, 0.6) is 5.75 Å². The summed E-state index contributed by atoms with van der Waals surface area (Å²) in [6.07, 6.45) is 6.39. The fourth-order valence-electron chi connectivity index (χ4n) is 7.33. The Hall–Kier alpha value is -6.46. The van der Waals surface area contributed by atoms with Gasteiger partial charge in [-0.05, 0) is 63.7 Å². The summed E-state index contributed by atoms with van der Waals surface area (Å²) in [5.41, 5.74) is 10.5. The molecule has 1 aliphatic heterocycles. The van der Waals surface area contributed by atoms with Crippen LogP contribution in [-0.2, 0) is 6.54 Å². The van der Waals surface area contributed by atoms with Gasteiger partial charge >= 0.3 is 0 Å². The average Bonchev–Trinajstić information content (AvgIpc) is 3.58. The van der Waals surface area contributed by atoms with Crippen molar-refractivity contribution in [3.05, 3.63) is 209 Å². The summed E-state index contributed by atoms with van der Waals surface area (Å²) in [7, 11) is 0. The molecule has 0 bridgehead atoms. The molecule has 8 rings (SSSR count). The minimum absolute atomic E-state index is 0.0262. The van der Waals surface area contributed by atoms with Crippen LogP contribution in [0.1, 0.15) is 56.8 Å². The summed E-state index contributed by atoms with van der Waals surface area (Å²) in [5, 5.41) is 23.9. The summed E-state index contributed by atoms with van der Waals surface area (Å²) in [4.78, 5) is 0. The van der Waals surface area contributed by atoms with E-state index < -0.39 is 0 Å². The molecule has 0 saturated heterocycles. The zero-order valence-electron chi connectivity index (χ0n) is 27.3. The maximum Gasteiger partial charge on any atom is 0.138 e. The van der Waals surface area contributed by atoms with Gasteiger partial charge in [-0.25, -0.2) is 0 Å². The molecule has 0 amide bonds. The Bertz CT molecular complexity index is 2330. The van der Waals surface area contributed by atoms with E-state index in [2.05, 4.69) is 127 Å². The number of rotatable bonds is 8. The zero-order chi connectivity index (χ0) is 33.9. The number of hydrogen-bond donors (Lipinski definition) is 1. The zero-order valence-corrected chi connectivity index (χ0v) is 27.3. The van der Waals surface area contributed by atoms with Crippen LogP contribution in [0.2, 0.25) is 0 Å². The number of nitriles is 2. The molecule has 0 spiro atoms. The first-order valence-electron chi connectivity index (χ1n) is 16.9. The van der Waals surface area contributed by atoms with Crippen LogP contribution >= 0.6 is 0 Å². The molecule has 1 N–H and O–H groups in total. The second-order valence-electron chi connectivity index (χ2n) is 12.7. The molecular formula is C46H33N3O. The predicted molar refractivity (Wildman–Crippen MR) is 198 cm³/mol. The summed E-state index contributed by atoms with van der Waals surface area (Å²) in [6, 6.07) is 54.3. The smallest absolute Gasteiger partial charge is 0.138 e. The molecule has 2 aliphatic rings. The standard InChI is InChI=1S/C46H33N3O/c47-28-35-16-7-9-18-38(35)37-26-41(39-19-10-8-17-36(39)29-48)46-42(27-37)44-40(20-11-21-43(44)50-46)32-22-24-34(25-23-32)45(33-14-5-2-6-15-33)49-30-31-12-3-1-4-13-31/h1-27,40,44-45,49H,30H2. The van der Waals surface area contributed by atoms with Crippen LogP contribution < -0.4 is 10.1 Å². The second-order valence-corrected chi connectivity index (χ2v) is 12.7. The van der Waals surface area contributed by atoms with Crippen molar-refractivity contribution < 1.29 is 4.74 Å². The molecule has 1 heterocycles. The lowest BCUT2D eigenvalue weighted by Crippen LogP contribution is -2.22. The van der Waals surface area contributed by atoms with Gasteiger partial charge in [0.2, 0.25) is 0 Å². The molecule has 0 fully saturated rings. The van der Waals surface area contributed by atoms with Gasteiger partial charge in [-0.1, -0.05) is 133 Å². The summed E-state index contributed by atoms with van der Waals surface area (Å²) >= 11 is 0. The lowest BCUT2D eigenvalue weighted by molar-refractivity contribution is 0.418. The molecule has 50 heavy (non-hydrogen) atoms. The summed E-state index contributed by atoms with van der Waals surface area (Å²) in [6.45, 7) is 0.756. The Labute approximate surface area is 292 Å². The van der Waals surface area contributed by atoms with Crippen LogP contribution in [0.3, 0.4) is 0 Å². The maximum atomic E-state index is 10.1. The van der Waals surface area contributed by atoms with E-state index in [1.165, 1.54) is 22.3 Å². The van der Waals surface area contributed by atoms with Crippen LogP contribution in [-0.4, -0.2) is 0 Å². The number of allylic oxidation sites excluding steroid dienone is 4. The minimum atomic E-state index is -0.0656. The molecule has 0 saturated carbocycles. The van der Waals surface area contributed by atoms with Crippen LogP contribution in [0, 0.1) is 22.7 Å². The number of ether oxygens (including phenoxy) is 1. The largest absolute Gasteiger partial charge is 0.460 e. The number of nitrogens with one attached hydrogen (secondary N) is 1. The van der Waals surface area contributed by atoms with Crippen molar-refractivity contribution in [3.63, 3.8) is 0 Å². The molecule has 0 aromatic heterocycles. The second kappa shape index (κ2) is 13.6. The van der Waals surface area contributed by atoms with Gasteiger partial charge in [0.25, 0.3) is 0 Å². The Morgan fingerprint density at radius 3 is 1.98 bits per heavy atom. The SMILES string of the molecule is N#Cc1ccccc1-c1cc(-c2ccccc2C#N)c2c(c1)C1C(=CC=CC1c1ccc(C(NCc3ccccc3)c3ccccc3)cc1)O2. The van der Waals surface area contributed by atoms with E-state index in [4.69, 9.17) is 4.74 Å². The van der Waals surface area contributed by atoms with Crippen molar-refractivity contribution >= 4 is 0 Å². The van der Waals surface area contributed by atoms with Crippen LogP contribution in [0.15, 0.2) is 170 Å². The van der Waals surface area contributed by atoms with Crippen molar-refractivity contribution in [1.82, 2.24) is 5.32 Å². The molecule has 4 heteroatoms. The normalized spacial score (nSPS) is 16.2. The van der Waals surface area contributed by atoms with E-state index in [9.17, 15) is 10.5 Å². The Morgan fingerprint density at radius 1 is 0.640 bits per heavy atom. The van der Waals surface area contributed by atoms with Gasteiger partial charge in [0, 0.05) is 29.2 Å². The highest BCUT2D eigenvalue weighted by molar-refractivity contribution is 5.85. The molecule has 1 aliphatic carbocycles. The average molecular weight is 644 g/mol. The van der Waals surface area contributed by atoms with Crippen molar-refractivity contribution in [2.45, 2.75) is 24.4 Å². The molecule has 6 aromatic carbocycles. The third kappa shape index (κ3) is 5.80. The van der Waals surface area contributed by atoms with Gasteiger partial charge in [-0.15, -0.1) is 0 Å². The first-order chi connectivity index (χ1) is 24.7. The fourth-order valence-corrected chi connectivity index (χ4v) is 7.33. The highest BCUT2D eigenvalue weighted by atomic mass is 16.5. The third-order valence-electron chi connectivity index (χ3n) is 9.75. The number of benzene rings is 6. The van der Waals surface area contributed by atoms with Crippen LogP contribution in [0.25, 0.3) is 22.3 Å². The maximum absolute atomic E-state index is 10.1. The van der Waals surface area contributed by atoms with E-state index in [0.29, 0.717) is 11.1 Å². The predicted octanol–water partition coefficient (Wildman–Crippen LogP) is 10.4. The van der Waals surface area contributed by atoms with E-state index in [0.717, 1.165) is 45.9 Å². The first-order valence-corrected chi connectivity index (χ1v) is 16.9. The van der Waals surface area contributed by atoms with Crippen LogP contribution in [0.4, 0.5) is 0 Å². The summed E-state index contributed by atoms with van der Waals surface area (Å²) in [5.74, 6) is 1.61. The lowest BCUT2D eigenvalue weighted by Gasteiger charge is -2.25. The molecule has 6 aromatic rings. The Kier molecular flexibility index (Phi) is 8.37. The van der Waals surface area contributed by atoms with Crippen molar-refractivity contribution in [2.24, 2.45) is 0 Å². The highest BCUT2D eigenvalue weighted by Crippen LogP contribution is 2.55. The van der Waals surface area contributed by atoms with Crippen molar-refractivity contribution in [2.75, 3.05) is 0 Å². The monoisotopic (exact) mass is 643 g/mol. The quantitative estimate of drug-likeness (QED) is 0.179. The number of nitrogens with zero attached hydrogens (tertiary/aromatic N) is 2. The number of fused-ring (bicyclic) bond motifs is 3. The van der Waals surface area contributed by atoms with Gasteiger partial charge in [-0.3, -0.25) is 0 Å². The van der Waals surface area contributed by atoms with Gasteiger partial charge in [0.1, 0.15) is 11.5 Å². The fraction of sp³-hybridized carbons (Fsp3) is 0.0870. The molecule has 238 valence electrons. The number of hydrogen-bond acceptors (Lipinski definition) is 4. The Morgan fingerprint density at radius 2 is 1.26 bits per heavy atom. The van der Waals surface area contributed by atoms with E-state index in [1.807, 2.05) is 54.6 Å². The summed E-state index contributed by atoms with van der Waals surface area (Å²) < 4.78 is 6.71. The topological polar surface area (TPSA) is 68.8 Å². The van der Waals surface area contributed by atoms with E-state index in [1.54, 1.807) is 0 Å². The highest BCUT2D eigenvalue weighted by Gasteiger charge is 2.39. The molecule has 3 atom stereocenters. The molecule has 4 nitrogen and oxygen atoms in total. The van der Waals surface area contributed by atoms with Gasteiger partial charge in [0.05, 0.1) is 35.2 Å². The van der Waals surface area contributed by atoms with E-state index >= 15 is 0 Å². The molecular weight excluding hydrogens is 611 g/mol. The van der Waals surface area contributed by atoms with Gasteiger partial charge in [0.15, 0.2) is 0 Å². The third-order valence-corrected chi connectivity index (χ3v) is 9.75. The van der Waals surface area contributed by atoms with Crippen molar-refractivity contribution in [1.29, 1.82) is 10.5 Å². The van der Waals surface area contributed by atoms with E-state index in [-0.39, 0.29) is 17.9 Å². The lowest BCUT2D eigenvalue weighted by atomic mass is 9.77. The van der Waals surface area contributed by atoms with Crippen molar-refractivity contribution in [3.8, 4) is 40.1 Å². The first kappa shape index (κ1) is 30.8. The molecule has 0 radical (unpaired) electrons. The van der Waals surface area contributed by atoms with Gasteiger partial charge in [-0.2, -0.15) is 10.5 Å². The molecule has 3 unspecified atom stereocenters. The van der Waals surface area contributed by atoms with Gasteiger partial charge < -0.3 is 10.1 Å². The Balaban J connectivity index is 1.19.